The van der Waals surface area contributed by atoms with Gasteiger partial charge >= 0.3 is 6.09 Å². The van der Waals surface area contributed by atoms with Gasteiger partial charge in [0.25, 0.3) is 0 Å². The number of hydrogen-bond donors (Lipinski definition) is 0. The molecule has 2 amide bonds. The van der Waals surface area contributed by atoms with Crippen molar-refractivity contribution in [3.8, 4) is 0 Å². The van der Waals surface area contributed by atoms with Crippen LogP contribution in [0.5, 0.6) is 0 Å². The van der Waals surface area contributed by atoms with Crippen molar-refractivity contribution in [2.24, 2.45) is 11.8 Å². The maximum absolute atomic E-state index is 12.0. The Kier molecular flexibility index (Phi) is 4.10. The zero-order chi connectivity index (χ0) is 12.3. The van der Waals surface area contributed by atoms with Gasteiger partial charge in [0.1, 0.15) is 6.61 Å². The van der Waals surface area contributed by atoms with E-state index >= 15 is 0 Å². The molecule has 0 aromatic carbocycles. The van der Waals surface area contributed by atoms with Crippen LogP contribution in [-0.2, 0) is 9.53 Å². The summed E-state index contributed by atoms with van der Waals surface area (Å²) in [6, 6.07) is -0.132. The second-order valence-electron chi connectivity index (χ2n) is 4.52. The van der Waals surface area contributed by atoms with E-state index in [1.165, 1.54) is 4.90 Å². The molecule has 0 aliphatic carbocycles. The molecule has 1 heterocycles. The fourth-order valence-corrected chi connectivity index (χ4v) is 1.77. The third-order valence-corrected chi connectivity index (χ3v) is 2.85. The normalized spacial score (nSPS) is 22.1. The highest BCUT2D eigenvalue weighted by atomic mass is 16.6. The van der Waals surface area contributed by atoms with Crippen molar-refractivity contribution in [2.75, 3.05) is 6.61 Å². The molecule has 16 heavy (non-hydrogen) atoms. The lowest BCUT2D eigenvalue weighted by Gasteiger charge is -2.24. The first-order chi connectivity index (χ1) is 7.49. The summed E-state index contributed by atoms with van der Waals surface area (Å²) in [6.45, 7) is 9.66. The SMILES string of the molecule is C=CC[C@H](C)C(=O)N1C(=O)OC[C@@H]1C(C)C. The average Bonchev–Trinajstić information content (AvgIpc) is 2.59. The van der Waals surface area contributed by atoms with Crippen molar-refractivity contribution in [3.05, 3.63) is 12.7 Å². The number of ether oxygens (including phenoxy) is 1. The van der Waals surface area contributed by atoms with Crippen molar-refractivity contribution in [1.29, 1.82) is 0 Å². The molecular weight excluding hydrogens is 206 g/mol. The lowest BCUT2D eigenvalue weighted by molar-refractivity contribution is -0.133. The van der Waals surface area contributed by atoms with Crippen LogP contribution in [0.25, 0.3) is 0 Å². The van der Waals surface area contributed by atoms with Gasteiger partial charge in [0, 0.05) is 5.92 Å². The monoisotopic (exact) mass is 225 g/mol. The van der Waals surface area contributed by atoms with Gasteiger partial charge < -0.3 is 4.74 Å². The van der Waals surface area contributed by atoms with Crippen molar-refractivity contribution >= 4 is 12.0 Å². The molecule has 1 aliphatic rings. The first-order valence-electron chi connectivity index (χ1n) is 5.59. The quantitative estimate of drug-likeness (QED) is 0.689. The third kappa shape index (κ3) is 2.43. The summed E-state index contributed by atoms with van der Waals surface area (Å²) in [4.78, 5) is 24.8. The summed E-state index contributed by atoms with van der Waals surface area (Å²) >= 11 is 0. The molecule has 0 aromatic heterocycles. The van der Waals surface area contributed by atoms with E-state index in [4.69, 9.17) is 4.74 Å². The van der Waals surface area contributed by atoms with Gasteiger partial charge in [0.15, 0.2) is 0 Å². The molecule has 0 bridgehead atoms. The van der Waals surface area contributed by atoms with Crippen LogP contribution in [0.4, 0.5) is 4.79 Å². The van der Waals surface area contributed by atoms with Crippen molar-refractivity contribution in [2.45, 2.75) is 33.2 Å². The van der Waals surface area contributed by atoms with E-state index in [0.717, 1.165) is 0 Å². The highest BCUT2D eigenvalue weighted by molar-refractivity contribution is 5.94. The molecular formula is C12H19NO3. The number of hydrogen-bond acceptors (Lipinski definition) is 3. The summed E-state index contributed by atoms with van der Waals surface area (Å²) in [5.41, 5.74) is 0. The minimum absolute atomic E-state index is 0.132. The van der Waals surface area contributed by atoms with Crippen LogP contribution in [0.3, 0.4) is 0 Å². The summed E-state index contributed by atoms with van der Waals surface area (Å²) in [5.74, 6) is -0.170. The maximum Gasteiger partial charge on any atom is 0.416 e. The number of amides is 2. The predicted molar refractivity (Wildman–Crippen MR) is 60.8 cm³/mol. The number of cyclic esters (lactones) is 1. The lowest BCUT2D eigenvalue weighted by atomic mass is 10.0. The second-order valence-corrected chi connectivity index (χ2v) is 4.52. The Morgan fingerprint density at radius 2 is 2.25 bits per heavy atom. The largest absolute Gasteiger partial charge is 0.447 e. The van der Waals surface area contributed by atoms with Crippen LogP contribution < -0.4 is 0 Å². The number of rotatable bonds is 4. The van der Waals surface area contributed by atoms with E-state index in [2.05, 4.69) is 6.58 Å². The summed E-state index contributed by atoms with van der Waals surface area (Å²) < 4.78 is 4.93. The van der Waals surface area contributed by atoms with Gasteiger partial charge in [0.05, 0.1) is 6.04 Å². The lowest BCUT2D eigenvalue weighted by Crippen LogP contribution is -2.44. The van der Waals surface area contributed by atoms with E-state index in [1.54, 1.807) is 13.0 Å². The molecule has 4 nitrogen and oxygen atoms in total. The molecule has 4 heteroatoms. The van der Waals surface area contributed by atoms with E-state index in [1.807, 2.05) is 13.8 Å². The van der Waals surface area contributed by atoms with Crippen LogP contribution in [0.1, 0.15) is 27.2 Å². The Balaban J connectivity index is 2.79. The van der Waals surface area contributed by atoms with E-state index in [0.29, 0.717) is 13.0 Å². The fraction of sp³-hybridized carbons (Fsp3) is 0.667. The molecule has 90 valence electrons. The number of carbonyl (C=O) groups excluding carboxylic acids is 2. The molecule has 2 atom stereocenters. The Hall–Kier alpha value is -1.32. The molecule has 1 saturated heterocycles. The number of carbonyl (C=O) groups is 2. The average molecular weight is 225 g/mol. The highest BCUT2D eigenvalue weighted by Crippen LogP contribution is 2.22. The minimum Gasteiger partial charge on any atom is -0.447 e. The smallest absolute Gasteiger partial charge is 0.416 e. The van der Waals surface area contributed by atoms with Crippen LogP contribution in [-0.4, -0.2) is 29.5 Å². The molecule has 1 fully saturated rings. The van der Waals surface area contributed by atoms with Gasteiger partial charge in [-0.25, -0.2) is 9.69 Å². The molecule has 1 rings (SSSR count). The molecule has 0 aromatic rings. The van der Waals surface area contributed by atoms with Gasteiger partial charge in [0.2, 0.25) is 5.91 Å². The molecule has 0 N–H and O–H groups in total. The van der Waals surface area contributed by atoms with Crippen LogP contribution in [0.2, 0.25) is 0 Å². The van der Waals surface area contributed by atoms with Gasteiger partial charge in [-0.2, -0.15) is 0 Å². The fourth-order valence-electron chi connectivity index (χ4n) is 1.77. The van der Waals surface area contributed by atoms with Gasteiger partial charge in [-0.05, 0) is 12.3 Å². The van der Waals surface area contributed by atoms with Crippen molar-refractivity contribution < 1.29 is 14.3 Å². The van der Waals surface area contributed by atoms with Gasteiger partial charge in [-0.15, -0.1) is 6.58 Å². The van der Waals surface area contributed by atoms with Crippen LogP contribution >= 0.6 is 0 Å². The predicted octanol–water partition coefficient (Wildman–Crippen LogP) is 2.20. The summed E-state index contributed by atoms with van der Waals surface area (Å²) in [7, 11) is 0. The maximum atomic E-state index is 12.0. The first kappa shape index (κ1) is 12.7. The third-order valence-electron chi connectivity index (χ3n) is 2.85. The summed E-state index contributed by atoms with van der Waals surface area (Å²) in [5, 5.41) is 0. The second kappa shape index (κ2) is 5.14. The number of nitrogens with zero attached hydrogens (tertiary/aromatic N) is 1. The first-order valence-corrected chi connectivity index (χ1v) is 5.59. The zero-order valence-electron chi connectivity index (χ0n) is 10.1. The minimum atomic E-state index is -0.514. The van der Waals surface area contributed by atoms with Crippen molar-refractivity contribution in [3.63, 3.8) is 0 Å². The van der Waals surface area contributed by atoms with Crippen LogP contribution in [0, 0.1) is 11.8 Å². The van der Waals surface area contributed by atoms with Gasteiger partial charge in [-0.3, -0.25) is 4.79 Å². The summed E-state index contributed by atoms with van der Waals surface area (Å²) in [6.07, 6.45) is 1.75. The highest BCUT2D eigenvalue weighted by Gasteiger charge is 2.40. The van der Waals surface area contributed by atoms with Gasteiger partial charge in [-0.1, -0.05) is 26.8 Å². The molecule has 0 unspecified atom stereocenters. The van der Waals surface area contributed by atoms with E-state index < -0.39 is 6.09 Å². The van der Waals surface area contributed by atoms with Crippen LogP contribution in [0.15, 0.2) is 12.7 Å². The molecule has 0 radical (unpaired) electrons. The van der Waals surface area contributed by atoms with Crippen molar-refractivity contribution in [1.82, 2.24) is 4.90 Å². The zero-order valence-corrected chi connectivity index (χ0v) is 10.1. The Bertz CT molecular complexity index is 299. The Morgan fingerprint density at radius 3 is 2.75 bits per heavy atom. The number of allylic oxidation sites excluding steroid dienone is 1. The van der Waals surface area contributed by atoms with E-state index in [-0.39, 0.29) is 23.8 Å². The number of imide groups is 1. The molecule has 1 aliphatic heterocycles. The standard InChI is InChI=1S/C12H19NO3/c1-5-6-9(4)11(14)13-10(8(2)3)7-16-12(13)15/h5,8-10H,1,6-7H2,2-4H3/t9-,10+/m0/s1. The Labute approximate surface area is 96.3 Å². The molecule has 0 saturated carbocycles. The molecule has 0 spiro atoms. The van der Waals surface area contributed by atoms with E-state index in [9.17, 15) is 9.59 Å². The Morgan fingerprint density at radius 1 is 1.62 bits per heavy atom. The topological polar surface area (TPSA) is 46.6 Å².